The summed E-state index contributed by atoms with van der Waals surface area (Å²) in [7, 11) is 1.94. The van der Waals surface area contributed by atoms with Crippen molar-refractivity contribution in [2.75, 3.05) is 13.1 Å². The highest BCUT2D eigenvalue weighted by Gasteiger charge is 1.94. The molecule has 2 rings (SSSR count). The van der Waals surface area contributed by atoms with Crippen LogP contribution in [0, 0.1) is 0 Å². The highest BCUT2D eigenvalue weighted by molar-refractivity contribution is 5.48. The summed E-state index contributed by atoms with van der Waals surface area (Å²) in [4.78, 5) is 0. The van der Waals surface area contributed by atoms with Crippen LogP contribution in [0.15, 0.2) is 48.8 Å². The zero-order valence-electron chi connectivity index (χ0n) is 10.7. The Morgan fingerprint density at radius 2 is 2.11 bits per heavy atom. The van der Waals surface area contributed by atoms with E-state index in [1.165, 1.54) is 11.1 Å². The van der Waals surface area contributed by atoms with Crippen molar-refractivity contribution in [2.24, 2.45) is 7.05 Å². The Morgan fingerprint density at radius 1 is 1.28 bits per heavy atom. The Morgan fingerprint density at radius 3 is 2.83 bits per heavy atom. The smallest absolute Gasteiger partial charge is 0.0522 e. The fraction of sp³-hybridized carbons (Fsp3) is 0.267. The second-order valence-corrected chi connectivity index (χ2v) is 4.29. The summed E-state index contributed by atoms with van der Waals surface area (Å²) in [6, 6.07) is 10.3. The number of benzene rings is 1. The Kier molecular flexibility index (Phi) is 4.73. The lowest BCUT2D eigenvalue weighted by Crippen LogP contribution is -2.16. The maximum Gasteiger partial charge on any atom is 0.0522 e. The van der Waals surface area contributed by atoms with Crippen molar-refractivity contribution in [2.45, 2.75) is 6.42 Å². The van der Waals surface area contributed by atoms with E-state index >= 15 is 0 Å². The van der Waals surface area contributed by atoms with Gasteiger partial charge in [-0.15, -0.1) is 0 Å². The molecule has 1 aromatic heterocycles. The van der Waals surface area contributed by atoms with Crippen molar-refractivity contribution in [1.82, 2.24) is 15.1 Å². The predicted octanol–water partition coefficient (Wildman–Crippen LogP) is 2.27. The van der Waals surface area contributed by atoms with Gasteiger partial charge in [-0.05, 0) is 24.1 Å². The van der Waals surface area contributed by atoms with Gasteiger partial charge in [-0.3, -0.25) is 4.68 Å². The monoisotopic (exact) mass is 241 g/mol. The lowest BCUT2D eigenvalue weighted by molar-refractivity contribution is 0.742. The number of aryl methyl sites for hydroxylation is 1. The van der Waals surface area contributed by atoms with Crippen LogP contribution in [0.25, 0.3) is 6.08 Å². The van der Waals surface area contributed by atoms with Gasteiger partial charge in [-0.2, -0.15) is 5.10 Å². The maximum atomic E-state index is 4.15. The van der Waals surface area contributed by atoms with E-state index in [4.69, 9.17) is 0 Å². The zero-order valence-corrected chi connectivity index (χ0v) is 10.7. The number of rotatable bonds is 6. The molecule has 1 aromatic carbocycles. The molecular weight excluding hydrogens is 222 g/mol. The van der Waals surface area contributed by atoms with Crippen LogP contribution in [0.4, 0.5) is 0 Å². The van der Waals surface area contributed by atoms with E-state index in [-0.39, 0.29) is 0 Å². The number of aromatic nitrogens is 2. The fourth-order valence-electron chi connectivity index (χ4n) is 1.78. The number of nitrogens with zero attached hydrogens (tertiary/aromatic N) is 2. The molecule has 1 N–H and O–H groups in total. The van der Waals surface area contributed by atoms with Crippen LogP contribution in [0.1, 0.15) is 11.1 Å². The van der Waals surface area contributed by atoms with Crippen LogP contribution in [0.5, 0.6) is 0 Å². The average molecular weight is 241 g/mol. The van der Waals surface area contributed by atoms with E-state index in [0.717, 1.165) is 19.5 Å². The summed E-state index contributed by atoms with van der Waals surface area (Å²) in [5.41, 5.74) is 2.52. The summed E-state index contributed by atoms with van der Waals surface area (Å²) in [6.07, 6.45) is 9.28. The van der Waals surface area contributed by atoms with Gasteiger partial charge >= 0.3 is 0 Å². The minimum Gasteiger partial charge on any atom is -0.313 e. The first-order valence-electron chi connectivity index (χ1n) is 6.24. The van der Waals surface area contributed by atoms with Crippen molar-refractivity contribution in [3.05, 3.63) is 59.9 Å². The van der Waals surface area contributed by atoms with Gasteiger partial charge in [0.15, 0.2) is 0 Å². The molecule has 0 spiro atoms. The molecule has 0 aliphatic rings. The topological polar surface area (TPSA) is 29.9 Å². The Labute approximate surface area is 108 Å². The Bertz CT molecular complexity index is 485. The molecule has 0 radical (unpaired) electrons. The number of hydrogen-bond donors (Lipinski definition) is 1. The second-order valence-electron chi connectivity index (χ2n) is 4.29. The zero-order chi connectivity index (χ0) is 12.6. The van der Waals surface area contributed by atoms with Gasteiger partial charge in [0.25, 0.3) is 0 Å². The van der Waals surface area contributed by atoms with E-state index < -0.39 is 0 Å². The molecule has 94 valence electrons. The van der Waals surface area contributed by atoms with Crippen LogP contribution in [-0.2, 0) is 13.5 Å². The van der Waals surface area contributed by atoms with Crippen LogP contribution < -0.4 is 5.32 Å². The molecule has 0 atom stereocenters. The van der Waals surface area contributed by atoms with E-state index in [2.05, 4.69) is 53.0 Å². The molecule has 0 aliphatic heterocycles. The molecular formula is C15H19N3. The Hall–Kier alpha value is -1.87. The minimum absolute atomic E-state index is 0.898. The molecule has 3 nitrogen and oxygen atoms in total. The molecule has 2 aromatic rings. The van der Waals surface area contributed by atoms with Crippen LogP contribution in [0.3, 0.4) is 0 Å². The fourth-order valence-corrected chi connectivity index (χ4v) is 1.78. The number of nitrogens with one attached hydrogen (secondary N) is 1. The van der Waals surface area contributed by atoms with Gasteiger partial charge < -0.3 is 5.32 Å². The molecule has 1 heterocycles. The summed E-state index contributed by atoms with van der Waals surface area (Å²) in [6.45, 7) is 1.87. The van der Waals surface area contributed by atoms with Crippen LogP contribution in [-0.4, -0.2) is 22.9 Å². The van der Waals surface area contributed by atoms with Gasteiger partial charge in [0, 0.05) is 19.8 Å². The lowest BCUT2D eigenvalue weighted by atomic mass is 10.2. The van der Waals surface area contributed by atoms with Gasteiger partial charge in [0.1, 0.15) is 0 Å². The molecule has 0 aliphatic carbocycles. The van der Waals surface area contributed by atoms with Gasteiger partial charge in [-0.1, -0.05) is 42.5 Å². The average Bonchev–Trinajstić information content (AvgIpc) is 2.81. The lowest BCUT2D eigenvalue weighted by Gasteiger charge is -1.99. The standard InChI is InChI=1S/C15H19N3/c1-18-13-15(12-17-18)9-11-16-10-5-8-14-6-3-2-4-7-14/h2-8,12-13,16H,9-11H2,1H3/b8-5+. The predicted molar refractivity (Wildman–Crippen MR) is 75.3 cm³/mol. The van der Waals surface area contributed by atoms with Gasteiger partial charge in [0.2, 0.25) is 0 Å². The minimum atomic E-state index is 0.898. The quantitative estimate of drug-likeness (QED) is 0.786. The third-order valence-electron chi connectivity index (χ3n) is 2.72. The second kappa shape index (κ2) is 6.77. The van der Waals surface area contributed by atoms with E-state index in [0.29, 0.717) is 0 Å². The molecule has 0 bridgehead atoms. The molecule has 0 unspecified atom stereocenters. The van der Waals surface area contributed by atoms with Crippen molar-refractivity contribution >= 4 is 6.08 Å². The Balaban J connectivity index is 1.63. The molecule has 0 saturated heterocycles. The van der Waals surface area contributed by atoms with Gasteiger partial charge in [-0.25, -0.2) is 0 Å². The largest absolute Gasteiger partial charge is 0.313 e. The van der Waals surface area contributed by atoms with Crippen LogP contribution >= 0.6 is 0 Å². The van der Waals surface area contributed by atoms with Crippen molar-refractivity contribution in [1.29, 1.82) is 0 Å². The van der Waals surface area contributed by atoms with Crippen LogP contribution in [0.2, 0.25) is 0 Å². The molecule has 0 amide bonds. The summed E-state index contributed by atoms with van der Waals surface area (Å²) in [5, 5.41) is 7.54. The van der Waals surface area contributed by atoms with E-state index in [9.17, 15) is 0 Å². The highest BCUT2D eigenvalue weighted by Crippen LogP contribution is 2.00. The molecule has 0 fully saturated rings. The first-order chi connectivity index (χ1) is 8.84. The summed E-state index contributed by atoms with van der Waals surface area (Å²) >= 11 is 0. The van der Waals surface area contributed by atoms with Gasteiger partial charge in [0.05, 0.1) is 6.20 Å². The first kappa shape index (κ1) is 12.6. The van der Waals surface area contributed by atoms with E-state index in [1.54, 1.807) is 0 Å². The molecule has 18 heavy (non-hydrogen) atoms. The van der Waals surface area contributed by atoms with Crippen molar-refractivity contribution in [3.63, 3.8) is 0 Å². The summed E-state index contributed by atoms with van der Waals surface area (Å²) in [5.74, 6) is 0. The molecule has 0 saturated carbocycles. The third kappa shape index (κ3) is 4.18. The normalized spacial score (nSPS) is 11.2. The van der Waals surface area contributed by atoms with E-state index in [1.807, 2.05) is 24.0 Å². The first-order valence-corrected chi connectivity index (χ1v) is 6.24. The third-order valence-corrected chi connectivity index (χ3v) is 2.72. The SMILES string of the molecule is Cn1cc(CCNC/C=C/c2ccccc2)cn1. The summed E-state index contributed by atoms with van der Waals surface area (Å²) < 4.78 is 1.84. The van der Waals surface area contributed by atoms with Crippen molar-refractivity contribution in [3.8, 4) is 0 Å². The maximum absolute atomic E-state index is 4.15. The van der Waals surface area contributed by atoms with Crippen molar-refractivity contribution < 1.29 is 0 Å². The highest BCUT2D eigenvalue weighted by atomic mass is 15.2. The number of hydrogen-bond acceptors (Lipinski definition) is 2. The molecule has 3 heteroatoms.